The first kappa shape index (κ1) is 16.8. The first-order valence-corrected chi connectivity index (χ1v) is 7.59. The lowest BCUT2D eigenvalue weighted by Crippen LogP contribution is -2.14. The third-order valence-electron chi connectivity index (χ3n) is 3.57. The molecule has 0 saturated carbocycles. The number of nitrogens with one attached hydrogen (secondary N) is 1. The fraction of sp³-hybridized carbons (Fsp3) is 0.438. The van der Waals surface area contributed by atoms with Crippen LogP contribution in [0.3, 0.4) is 0 Å². The van der Waals surface area contributed by atoms with Gasteiger partial charge in [0.1, 0.15) is 0 Å². The van der Waals surface area contributed by atoms with Crippen LogP contribution in [0.5, 0.6) is 11.5 Å². The van der Waals surface area contributed by atoms with Crippen molar-refractivity contribution in [3.63, 3.8) is 0 Å². The van der Waals surface area contributed by atoms with Gasteiger partial charge in [0.2, 0.25) is 5.75 Å². The normalized spacial score (nSPS) is 10.7. The van der Waals surface area contributed by atoms with Gasteiger partial charge < -0.3 is 14.5 Å². The van der Waals surface area contributed by atoms with Gasteiger partial charge in [0, 0.05) is 17.5 Å². The molecule has 23 heavy (non-hydrogen) atoms. The van der Waals surface area contributed by atoms with Crippen molar-refractivity contribution in [2.45, 2.75) is 32.6 Å². The molecular formula is C16H20N2O5. The monoisotopic (exact) mass is 320 g/mol. The number of methoxy groups -OCH3 is 1. The molecule has 0 aliphatic heterocycles. The van der Waals surface area contributed by atoms with Gasteiger partial charge in [0.15, 0.2) is 5.75 Å². The van der Waals surface area contributed by atoms with E-state index in [1.165, 1.54) is 19.2 Å². The number of benzene rings is 1. The number of aromatic nitrogens is 1. The molecule has 0 amide bonds. The summed E-state index contributed by atoms with van der Waals surface area (Å²) in [4.78, 5) is 25.1. The average Bonchev–Trinajstić information content (AvgIpc) is 2.54. The molecular weight excluding hydrogens is 300 g/mol. The Hall–Kier alpha value is -2.57. The second-order valence-corrected chi connectivity index (χ2v) is 5.21. The second-order valence-electron chi connectivity index (χ2n) is 5.21. The van der Waals surface area contributed by atoms with Crippen LogP contribution in [0.2, 0.25) is 0 Å². The Labute approximate surface area is 133 Å². The van der Waals surface area contributed by atoms with Crippen molar-refractivity contribution in [3.8, 4) is 11.5 Å². The Morgan fingerprint density at radius 2 is 2.00 bits per heavy atom. The number of non-ortho nitro benzene ring substituents is 1. The van der Waals surface area contributed by atoms with Crippen molar-refractivity contribution in [3.05, 3.63) is 38.7 Å². The lowest BCUT2D eigenvalue weighted by Gasteiger charge is -2.12. The SMILES string of the molecule is CCCCCCOc1c(OC)c2ccc([N+](=O)[O-])cc2[nH]c1=O. The van der Waals surface area contributed by atoms with E-state index in [0.29, 0.717) is 23.3 Å². The number of unbranched alkanes of at least 4 members (excludes halogenated alkanes) is 3. The van der Waals surface area contributed by atoms with Gasteiger partial charge in [-0.05, 0) is 12.5 Å². The van der Waals surface area contributed by atoms with Crippen molar-refractivity contribution in [1.82, 2.24) is 4.98 Å². The third-order valence-corrected chi connectivity index (χ3v) is 3.57. The highest BCUT2D eigenvalue weighted by Gasteiger charge is 2.17. The van der Waals surface area contributed by atoms with Crippen LogP contribution in [0.1, 0.15) is 32.6 Å². The van der Waals surface area contributed by atoms with Crippen LogP contribution in [-0.4, -0.2) is 23.6 Å². The van der Waals surface area contributed by atoms with Crippen molar-refractivity contribution < 1.29 is 14.4 Å². The van der Waals surface area contributed by atoms with Gasteiger partial charge in [-0.3, -0.25) is 14.9 Å². The van der Waals surface area contributed by atoms with E-state index in [1.807, 2.05) is 0 Å². The summed E-state index contributed by atoms with van der Waals surface area (Å²) in [5.74, 6) is 0.416. The highest BCUT2D eigenvalue weighted by molar-refractivity contribution is 5.88. The van der Waals surface area contributed by atoms with Gasteiger partial charge in [-0.2, -0.15) is 0 Å². The summed E-state index contributed by atoms with van der Waals surface area (Å²) in [5, 5.41) is 11.4. The topological polar surface area (TPSA) is 94.5 Å². The van der Waals surface area contributed by atoms with Crippen LogP contribution >= 0.6 is 0 Å². The fourth-order valence-electron chi connectivity index (χ4n) is 2.39. The minimum absolute atomic E-state index is 0.0940. The summed E-state index contributed by atoms with van der Waals surface area (Å²) in [6, 6.07) is 4.23. The average molecular weight is 320 g/mol. The van der Waals surface area contributed by atoms with E-state index in [0.717, 1.165) is 25.7 Å². The lowest BCUT2D eigenvalue weighted by atomic mass is 10.1. The van der Waals surface area contributed by atoms with E-state index >= 15 is 0 Å². The molecule has 0 spiro atoms. The van der Waals surface area contributed by atoms with Gasteiger partial charge in [0.25, 0.3) is 11.2 Å². The highest BCUT2D eigenvalue weighted by atomic mass is 16.6. The predicted octanol–water partition coefficient (Wildman–Crippen LogP) is 3.40. The highest BCUT2D eigenvalue weighted by Crippen LogP contribution is 2.32. The van der Waals surface area contributed by atoms with E-state index in [-0.39, 0.29) is 11.4 Å². The maximum atomic E-state index is 12.2. The van der Waals surface area contributed by atoms with Crippen molar-refractivity contribution in [2.75, 3.05) is 13.7 Å². The van der Waals surface area contributed by atoms with Crippen molar-refractivity contribution >= 4 is 16.6 Å². The molecule has 0 fully saturated rings. The Morgan fingerprint density at radius 3 is 2.65 bits per heavy atom. The van der Waals surface area contributed by atoms with Crippen LogP contribution in [0, 0.1) is 10.1 Å². The Balaban J connectivity index is 2.34. The maximum absolute atomic E-state index is 12.2. The van der Waals surface area contributed by atoms with Gasteiger partial charge in [-0.25, -0.2) is 0 Å². The number of ether oxygens (including phenoxy) is 2. The number of rotatable bonds is 8. The van der Waals surface area contributed by atoms with E-state index < -0.39 is 10.5 Å². The standard InChI is InChI=1S/C16H20N2O5/c1-3-4-5-6-9-23-15-14(22-2)12-8-7-11(18(20)21)10-13(12)17-16(15)19/h7-8,10H,3-6,9H2,1-2H3,(H,17,19). The van der Waals surface area contributed by atoms with Crippen LogP contribution in [0.4, 0.5) is 5.69 Å². The molecule has 0 unspecified atom stereocenters. The molecule has 1 heterocycles. The first-order valence-electron chi connectivity index (χ1n) is 7.59. The number of aromatic amines is 1. The molecule has 0 atom stereocenters. The van der Waals surface area contributed by atoms with E-state index in [1.54, 1.807) is 6.07 Å². The molecule has 2 aromatic rings. The lowest BCUT2D eigenvalue weighted by molar-refractivity contribution is -0.384. The minimum Gasteiger partial charge on any atom is -0.492 e. The Morgan fingerprint density at radius 1 is 1.22 bits per heavy atom. The number of nitrogens with zero attached hydrogens (tertiary/aromatic N) is 1. The molecule has 7 nitrogen and oxygen atoms in total. The van der Waals surface area contributed by atoms with Crippen LogP contribution in [0.25, 0.3) is 10.9 Å². The number of fused-ring (bicyclic) bond motifs is 1. The molecule has 124 valence electrons. The van der Waals surface area contributed by atoms with Crippen molar-refractivity contribution in [1.29, 1.82) is 0 Å². The van der Waals surface area contributed by atoms with E-state index in [2.05, 4.69) is 11.9 Å². The number of hydrogen-bond acceptors (Lipinski definition) is 5. The molecule has 0 radical (unpaired) electrons. The zero-order valence-electron chi connectivity index (χ0n) is 13.3. The van der Waals surface area contributed by atoms with Gasteiger partial charge in [-0.15, -0.1) is 0 Å². The van der Waals surface area contributed by atoms with E-state index in [4.69, 9.17) is 9.47 Å². The number of nitro groups is 1. The van der Waals surface area contributed by atoms with Gasteiger partial charge in [-0.1, -0.05) is 26.2 Å². The number of nitro benzene ring substituents is 1. The first-order chi connectivity index (χ1) is 11.1. The molecule has 2 rings (SSSR count). The summed E-state index contributed by atoms with van der Waals surface area (Å²) in [7, 11) is 1.44. The molecule has 0 saturated heterocycles. The molecule has 1 aromatic heterocycles. The second kappa shape index (κ2) is 7.62. The smallest absolute Gasteiger partial charge is 0.294 e. The van der Waals surface area contributed by atoms with Crippen LogP contribution in [-0.2, 0) is 0 Å². The summed E-state index contributed by atoms with van der Waals surface area (Å²) in [6.45, 7) is 2.55. The van der Waals surface area contributed by atoms with Crippen molar-refractivity contribution in [2.24, 2.45) is 0 Å². The van der Waals surface area contributed by atoms with Gasteiger partial charge >= 0.3 is 0 Å². The largest absolute Gasteiger partial charge is 0.492 e. The zero-order valence-corrected chi connectivity index (χ0v) is 13.3. The fourth-order valence-corrected chi connectivity index (χ4v) is 2.39. The molecule has 0 bridgehead atoms. The number of H-pyrrole nitrogens is 1. The summed E-state index contributed by atoms with van der Waals surface area (Å²) in [6.07, 6.45) is 4.14. The molecule has 0 aliphatic carbocycles. The summed E-state index contributed by atoms with van der Waals surface area (Å²) in [5.41, 5.74) is -0.201. The summed E-state index contributed by atoms with van der Waals surface area (Å²) < 4.78 is 10.9. The maximum Gasteiger partial charge on any atom is 0.294 e. The van der Waals surface area contributed by atoms with Crippen LogP contribution in [0.15, 0.2) is 23.0 Å². The molecule has 1 aromatic carbocycles. The number of hydrogen-bond donors (Lipinski definition) is 1. The van der Waals surface area contributed by atoms with E-state index in [9.17, 15) is 14.9 Å². The zero-order chi connectivity index (χ0) is 16.8. The predicted molar refractivity (Wildman–Crippen MR) is 87.4 cm³/mol. The summed E-state index contributed by atoms with van der Waals surface area (Å²) >= 11 is 0. The molecule has 0 aliphatic rings. The Kier molecular flexibility index (Phi) is 5.56. The molecule has 1 N–H and O–H groups in total. The quantitative estimate of drug-likeness (QED) is 0.457. The minimum atomic E-state index is -0.512. The number of pyridine rings is 1. The Bertz CT molecular complexity index is 754. The van der Waals surface area contributed by atoms with Gasteiger partial charge in [0.05, 0.1) is 24.2 Å². The third kappa shape index (κ3) is 3.80. The van der Waals surface area contributed by atoms with Crippen LogP contribution < -0.4 is 15.0 Å². The molecule has 7 heteroatoms.